The van der Waals surface area contributed by atoms with Gasteiger partial charge in [0.2, 0.25) is 0 Å². The first-order valence-corrected chi connectivity index (χ1v) is 16.4. The fraction of sp³-hybridized carbons (Fsp3) is 0. The highest BCUT2D eigenvalue weighted by Gasteiger charge is 2.16. The highest BCUT2D eigenvalue weighted by Crippen LogP contribution is 2.38. The fourth-order valence-corrected chi connectivity index (χ4v) is 7.13. The maximum atomic E-state index is 6.16. The Morgan fingerprint density at radius 1 is 0.327 bits per heavy atom. The Morgan fingerprint density at radius 2 is 0.878 bits per heavy atom. The Kier molecular flexibility index (Phi) is 6.15. The molecule has 0 saturated carbocycles. The quantitative estimate of drug-likeness (QED) is 0.183. The van der Waals surface area contributed by atoms with Crippen molar-refractivity contribution in [2.45, 2.75) is 0 Å². The summed E-state index contributed by atoms with van der Waals surface area (Å²) in [4.78, 5) is 15.1. The normalized spacial score (nSPS) is 11.7. The SMILES string of the molecule is c1ccc(-c2nc(-c3ccc(-c4cccc5oc6ccccc6c45)cc3)nc(-c3ccc4ccc5ccc6ccccc6c5c4c3)n2)cc1. The molecule has 0 unspecified atom stereocenters. The molecule has 10 rings (SSSR count). The van der Waals surface area contributed by atoms with Gasteiger partial charge in [-0.25, -0.2) is 15.0 Å². The van der Waals surface area contributed by atoms with Gasteiger partial charge in [0.05, 0.1) is 0 Å². The van der Waals surface area contributed by atoms with Crippen molar-refractivity contribution in [1.29, 1.82) is 0 Å². The van der Waals surface area contributed by atoms with E-state index in [1.807, 2.05) is 54.6 Å². The summed E-state index contributed by atoms with van der Waals surface area (Å²) in [6, 6.07) is 57.0. The maximum Gasteiger partial charge on any atom is 0.164 e. The molecule has 0 aliphatic rings. The molecule has 8 aromatic carbocycles. The number of hydrogen-bond donors (Lipinski definition) is 0. The van der Waals surface area contributed by atoms with E-state index in [9.17, 15) is 0 Å². The van der Waals surface area contributed by atoms with Crippen LogP contribution in [0.4, 0.5) is 0 Å². The number of furan rings is 1. The lowest BCUT2D eigenvalue weighted by atomic mass is 9.95. The summed E-state index contributed by atoms with van der Waals surface area (Å²) in [5, 5.41) is 9.52. The molecular weight excluding hydrogens is 599 g/mol. The lowest BCUT2D eigenvalue weighted by Gasteiger charge is -2.11. The molecule has 4 heteroatoms. The van der Waals surface area contributed by atoms with Gasteiger partial charge < -0.3 is 4.42 Å². The summed E-state index contributed by atoms with van der Waals surface area (Å²) in [5.41, 5.74) is 6.82. The molecule has 0 amide bonds. The third-order valence-corrected chi connectivity index (χ3v) is 9.51. The van der Waals surface area contributed by atoms with Crippen molar-refractivity contribution in [2.24, 2.45) is 0 Å². The molecule has 0 fully saturated rings. The van der Waals surface area contributed by atoms with Crippen molar-refractivity contribution in [2.75, 3.05) is 0 Å². The highest BCUT2D eigenvalue weighted by molar-refractivity contribution is 6.20. The number of hydrogen-bond acceptors (Lipinski definition) is 4. The van der Waals surface area contributed by atoms with Gasteiger partial charge in [-0.1, -0.05) is 146 Å². The topological polar surface area (TPSA) is 51.8 Å². The first-order valence-electron chi connectivity index (χ1n) is 16.4. The van der Waals surface area contributed by atoms with E-state index in [-0.39, 0.29) is 0 Å². The van der Waals surface area contributed by atoms with Crippen LogP contribution in [0.1, 0.15) is 0 Å². The zero-order chi connectivity index (χ0) is 32.3. The highest BCUT2D eigenvalue weighted by atomic mass is 16.3. The lowest BCUT2D eigenvalue weighted by molar-refractivity contribution is 0.669. The van der Waals surface area contributed by atoms with Crippen molar-refractivity contribution in [1.82, 2.24) is 15.0 Å². The van der Waals surface area contributed by atoms with Crippen molar-refractivity contribution < 1.29 is 4.42 Å². The van der Waals surface area contributed by atoms with Crippen molar-refractivity contribution in [3.8, 4) is 45.3 Å². The number of para-hydroxylation sites is 1. The van der Waals surface area contributed by atoms with Gasteiger partial charge in [-0.05, 0) is 61.6 Å². The first-order chi connectivity index (χ1) is 24.3. The monoisotopic (exact) mass is 625 g/mol. The fourth-order valence-electron chi connectivity index (χ4n) is 7.13. The molecule has 0 aliphatic carbocycles. The Labute approximate surface area is 282 Å². The van der Waals surface area contributed by atoms with Gasteiger partial charge in [0, 0.05) is 27.5 Å². The van der Waals surface area contributed by atoms with Crippen molar-refractivity contribution in [3.05, 3.63) is 164 Å². The summed E-state index contributed by atoms with van der Waals surface area (Å²) < 4.78 is 6.16. The number of nitrogens with zero attached hydrogens (tertiary/aromatic N) is 3. The average molecular weight is 626 g/mol. The molecule has 2 aromatic heterocycles. The zero-order valence-electron chi connectivity index (χ0n) is 26.3. The molecule has 4 nitrogen and oxygen atoms in total. The molecule has 0 aliphatic heterocycles. The van der Waals surface area contributed by atoms with Crippen LogP contribution < -0.4 is 0 Å². The van der Waals surface area contributed by atoms with E-state index in [1.54, 1.807) is 0 Å². The minimum absolute atomic E-state index is 0.630. The molecule has 0 saturated heterocycles. The van der Waals surface area contributed by atoms with E-state index in [1.165, 1.54) is 32.3 Å². The summed E-state index contributed by atoms with van der Waals surface area (Å²) in [7, 11) is 0. The summed E-state index contributed by atoms with van der Waals surface area (Å²) in [5.74, 6) is 1.91. The summed E-state index contributed by atoms with van der Waals surface area (Å²) in [6.45, 7) is 0. The molecule has 49 heavy (non-hydrogen) atoms. The third kappa shape index (κ3) is 4.57. The van der Waals surface area contributed by atoms with Gasteiger partial charge in [0.15, 0.2) is 17.5 Å². The number of benzene rings is 8. The summed E-state index contributed by atoms with van der Waals surface area (Å²) >= 11 is 0. The maximum absolute atomic E-state index is 6.16. The van der Waals surface area contributed by atoms with Crippen LogP contribution in [0.5, 0.6) is 0 Å². The third-order valence-electron chi connectivity index (χ3n) is 9.51. The van der Waals surface area contributed by atoms with Gasteiger partial charge in [-0.2, -0.15) is 0 Å². The lowest BCUT2D eigenvalue weighted by Crippen LogP contribution is -2.00. The predicted octanol–water partition coefficient (Wildman–Crippen LogP) is 11.9. The first kappa shape index (κ1) is 27.5. The van der Waals surface area contributed by atoms with E-state index in [0.29, 0.717) is 17.5 Å². The van der Waals surface area contributed by atoms with Gasteiger partial charge in [-0.3, -0.25) is 0 Å². The van der Waals surface area contributed by atoms with E-state index in [4.69, 9.17) is 19.4 Å². The Balaban J connectivity index is 1.13. The molecule has 0 N–H and O–H groups in total. The van der Waals surface area contributed by atoms with Crippen LogP contribution in [0.3, 0.4) is 0 Å². The number of fused-ring (bicyclic) bond motifs is 8. The van der Waals surface area contributed by atoms with Gasteiger partial charge in [0.25, 0.3) is 0 Å². The molecule has 0 spiro atoms. The van der Waals surface area contributed by atoms with Crippen LogP contribution in [0.25, 0.3) is 99.5 Å². The molecule has 2 heterocycles. The minimum atomic E-state index is 0.630. The molecular formula is C45H27N3O. The molecule has 0 atom stereocenters. The van der Waals surface area contributed by atoms with Gasteiger partial charge in [0.1, 0.15) is 11.2 Å². The molecule has 0 radical (unpaired) electrons. The van der Waals surface area contributed by atoms with Crippen molar-refractivity contribution >= 4 is 54.3 Å². The molecule has 10 aromatic rings. The van der Waals surface area contributed by atoms with E-state index in [0.717, 1.165) is 49.8 Å². The van der Waals surface area contributed by atoms with Crippen LogP contribution in [-0.2, 0) is 0 Å². The second-order valence-electron chi connectivity index (χ2n) is 12.4. The van der Waals surface area contributed by atoms with E-state index in [2.05, 4.69) is 109 Å². The number of rotatable bonds is 4. The van der Waals surface area contributed by atoms with Crippen LogP contribution in [0.15, 0.2) is 168 Å². The van der Waals surface area contributed by atoms with Crippen LogP contribution in [0.2, 0.25) is 0 Å². The van der Waals surface area contributed by atoms with Gasteiger partial charge >= 0.3 is 0 Å². The molecule has 0 bridgehead atoms. The standard InChI is InChI=1S/C45H27N3O/c1-2-10-32(11-3-1)43-46-44(33-24-19-29(20-25-33)36-14-8-16-40-42(36)37-13-6-7-15-39(37)49-40)48-45(47-43)34-26-21-30-18-23-31-22-17-28-9-4-5-12-35(28)41(31)38(30)27-34/h1-27H. The zero-order valence-corrected chi connectivity index (χ0v) is 26.3. The van der Waals surface area contributed by atoms with E-state index >= 15 is 0 Å². The Bertz CT molecular complexity index is 2870. The van der Waals surface area contributed by atoms with Crippen LogP contribution in [-0.4, -0.2) is 15.0 Å². The second kappa shape index (κ2) is 11.0. The average Bonchev–Trinajstić information content (AvgIpc) is 3.57. The van der Waals surface area contributed by atoms with Crippen molar-refractivity contribution in [3.63, 3.8) is 0 Å². The molecule has 228 valence electrons. The van der Waals surface area contributed by atoms with Gasteiger partial charge in [-0.15, -0.1) is 0 Å². The largest absolute Gasteiger partial charge is 0.456 e. The number of aromatic nitrogens is 3. The van der Waals surface area contributed by atoms with Crippen LogP contribution in [0, 0.1) is 0 Å². The summed E-state index contributed by atoms with van der Waals surface area (Å²) in [6.07, 6.45) is 0. The Hall–Kier alpha value is -6.65. The smallest absolute Gasteiger partial charge is 0.164 e. The van der Waals surface area contributed by atoms with E-state index < -0.39 is 0 Å². The minimum Gasteiger partial charge on any atom is -0.456 e. The predicted molar refractivity (Wildman–Crippen MR) is 201 cm³/mol. The Morgan fingerprint density at radius 3 is 1.67 bits per heavy atom. The second-order valence-corrected chi connectivity index (χ2v) is 12.4. The van der Waals surface area contributed by atoms with Crippen LogP contribution >= 0.6 is 0 Å².